The third-order valence-corrected chi connectivity index (χ3v) is 5.22. The number of hydrogen-bond acceptors (Lipinski definition) is 1. The maximum Gasteiger partial charge on any atom is 0.397 e. The molecule has 0 radical (unpaired) electrons. The topological polar surface area (TPSA) is 20.2 Å². The molecule has 4 heteroatoms. The van der Waals surface area contributed by atoms with Crippen molar-refractivity contribution in [3.63, 3.8) is 0 Å². The summed E-state index contributed by atoms with van der Waals surface area (Å²) in [5.41, 5.74) is -0.332. The van der Waals surface area contributed by atoms with E-state index in [4.69, 9.17) is 0 Å². The molecule has 3 rings (SSSR count). The van der Waals surface area contributed by atoms with Gasteiger partial charge < -0.3 is 5.11 Å². The van der Waals surface area contributed by atoms with Crippen LogP contribution in [0.2, 0.25) is 0 Å². The van der Waals surface area contributed by atoms with Crippen molar-refractivity contribution in [2.45, 2.75) is 69.4 Å². The third kappa shape index (κ3) is 2.33. The van der Waals surface area contributed by atoms with Crippen LogP contribution in [-0.4, -0.2) is 11.3 Å². The van der Waals surface area contributed by atoms with Crippen molar-refractivity contribution < 1.29 is 18.3 Å². The second-order valence-corrected chi connectivity index (χ2v) is 7.41. The molecule has 0 unspecified atom stereocenters. The van der Waals surface area contributed by atoms with Gasteiger partial charge in [0.15, 0.2) is 0 Å². The number of phenols is 1. The largest absolute Gasteiger partial charge is 0.508 e. The molecule has 0 bridgehead atoms. The highest BCUT2D eigenvalue weighted by molar-refractivity contribution is 5.52. The van der Waals surface area contributed by atoms with Crippen LogP contribution in [0.1, 0.15) is 69.1 Å². The predicted octanol–water partition coefficient (Wildman–Crippen LogP) is 5.16. The lowest BCUT2D eigenvalue weighted by Crippen LogP contribution is -2.37. The first-order valence-electron chi connectivity index (χ1n) is 7.51. The van der Waals surface area contributed by atoms with Gasteiger partial charge in [-0.25, -0.2) is 0 Å². The minimum absolute atomic E-state index is 0.150. The Morgan fingerprint density at radius 2 is 1.71 bits per heavy atom. The van der Waals surface area contributed by atoms with Gasteiger partial charge >= 0.3 is 6.18 Å². The Labute approximate surface area is 123 Å². The van der Waals surface area contributed by atoms with Crippen molar-refractivity contribution in [3.8, 4) is 5.75 Å². The Balaban J connectivity index is 2.17. The number of aromatic hydroxyl groups is 1. The molecule has 0 atom stereocenters. The van der Waals surface area contributed by atoms with Gasteiger partial charge in [-0.1, -0.05) is 13.0 Å². The molecule has 116 valence electrons. The molecule has 1 nitrogen and oxygen atoms in total. The Kier molecular flexibility index (Phi) is 2.93. The smallest absolute Gasteiger partial charge is 0.397 e. The van der Waals surface area contributed by atoms with Crippen molar-refractivity contribution in [3.05, 3.63) is 28.8 Å². The fourth-order valence-electron chi connectivity index (χ4n) is 2.97. The lowest BCUT2D eigenvalue weighted by molar-refractivity contribution is -0.180. The molecule has 0 amide bonds. The average Bonchev–Trinajstić information content (AvgIpc) is 3.22. The van der Waals surface area contributed by atoms with Gasteiger partial charge in [0.05, 0.1) is 5.41 Å². The second-order valence-electron chi connectivity index (χ2n) is 7.41. The summed E-state index contributed by atoms with van der Waals surface area (Å²) in [5, 5.41) is 10.3. The van der Waals surface area contributed by atoms with Gasteiger partial charge in [0.2, 0.25) is 0 Å². The number of alkyl halides is 3. The van der Waals surface area contributed by atoms with Crippen LogP contribution in [0.4, 0.5) is 13.2 Å². The van der Waals surface area contributed by atoms with Gasteiger partial charge in [-0.3, -0.25) is 0 Å². The van der Waals surface area contributed by atoms with Gasteiger partial charge in [-0.15, -0.1) is 0 Å². The lowest BCUT2D eigenvalue weighted by Gasteiger charge is -2.32. The van der Waals surface area contributed by atoms with Crippen LogP contribution in [0.25, 0.3) is 0 Å². The molecule has 0 spiro atoms. The first kappa shape index (κ1) is 14.7. The van der Waals surface area contributed by atoms with Crippen LogP contribution >= 0.6 is 0 Å². The summed E-state index contributed by atoms with van der Waals surface area (Å²) in [6.45, 7) is 4.48. The normalized spacial score (nSPS) is 21.4. The average molecular weight is 298 g/mol. The molecule has 2 fully saturated rings. The highest BCUT2D eigenvalue weighted by Gasteiger charge is 2.51. The third-order valence-electron chi connectivity index (χ3n) is 5.22. The number of rotatable bonds is 3. The molecule has 0 heterocycles. The van der Waals surface area contributed by atoms with Crippen LogP contribution in [-0.2, 0) is 10.8 Å². The van der Waals surface area contributed by atoms with Crippen LogP contribution in [0.3, 0.4) is 0 Å². The number of hydrogen-bond donors (Lipinski definition) is 1. The monoisotopic (exact) mass is 298 g/mol. The summed E-state index contributed by atoms with van der Waals surface area (Å²) in [6, 6.07) is 3.23. The van der Waals surface area contributed by atoms with Crippen LogP contribution in [0.5, 0.6) is 5.75 Å². The van der Waals surface area contributed by atoms with Gasteiger partial charge in [0, 0.05) is 5.56 Å². The molecule has 0 aromatic heterocycles. The van der Waals surface area contributed by atoms with Crippen molar-refractivity contribution in [1.29, 1.82) is 0 Å². The molecule has 0 saturated heterocycles. The van der Waals surface area contributed by atoms with E-state index in [0.29, 0.717) is 16.7 Å². The molecule has 2 aliphatic carbocycles. The highest BCUT2D eigenvalue weighted by atomic mass is 19.4. The molecule has 2 saturated carbocycles. The summed E-state index contributed by atoms with van der Waals surface area (Å²) >= 11 is 0. The zero-order chi connectivity index (χ0) is 15.6. The fraction of sp³-hybridized carbons (Fsp3) is 0.647. The van der Waals surface area contributed by atoms with Gasteiger partial charge in [0.1, 0.15) is 5.75 Å². The van der Waals surface area contributed by atoms with Crippen LogP contribution < -0.4 is 0 Å². The van der Waals surface area contributed by atoms with E-state index in [9.17, 15) is 18.3 Å². The van der Waals surface area contributed by atoms with E-state index < -0.39 is 11.6 Å². The van der Waals surface area contributed by atoms with E-state index in [1.165, 1.54) is 13.8 Å². The number of phenolic OH excluding ortho intramolecular Hbond substituents is 1. The Bertz CT molecular complexity index is 578. The number of benzene rings is 1. The van der Waals surface area contributed by atoms with E-state index in [-0.39, 0.29) is 17.1 Å². The molecule has 21 heavy (non-hydrogen) atoms. The minimum Gasteiger partial charge on any atom is -0.508 e. The number of halogens is 3. The zero-order valence-electron chi connectivity index (χ0n) is 12.6. The quantitative estimate of drug-likeness (QED) is 0.817. The predicted molar refractivity (Wildman–Crippen MR) is 75.7 cm³/mol. The zero-order valence-corrected chi connectivity index (χ0v) is 12.6. The van der Waals surface area contributed by atoms with E-state index >= 15 is 0 Å². The van der Waals surface area contributed by atoms with Gasteiger partial charge in [-0.2, -0.15) is 13.2 Å². The molecule has 2 aliphatic rings. The summed E-state index contributed by atoms with van der Waals surface area (Å²) in [7, 11) is 0. The molecular formula is C17H21F3O. The van der Waals surface area contributed by atoms with E-state index in [1.54, 1.807) is 12.1 Å². The van der Waals surface area contributed by atoms with Crippen LogP contribution in [0, 0.1) is 0 Å². The molecular weight excluding hydrogens is 277 g/mol. The van der Waals surface area contributed by atoms with Gasteiger partial charge in [0.25, 0.3) is 0 Å². The lowest BCUT2D eigenvalue weighted by atomic mass is 9.77. The van der Waals surface area contributed by atoms with Crippen molar-refractivity contribution >= 4 is 0 Å². The molecule has 1 N–H and O–H groups in total. The second kappa shape index (κ2) is 4.17. The molecule has 1 aromatic rings. The standard InChI is InChI=1S/C17H21F3O/c1-15(2,17(18,19)20)12-9-13(16(3)6-7-16)14(21)8-11(12)10-4-5-10/h8-10,21H,4-7H2,1-3H3. The van der Waals surface area contributed by atoms with E-state index in [2.05, 4.69) is 0 Å². The maximum absolute atomic E-state index is 13.5. The van der Waals surface area contributed by atoms with Crippen molar-refractivity contribution in [1.82, 2.24) is 0 Å². The van der Waals surface area contributed by atoms with Crippen LogP contribution in [0.15, 0.2) is 12.1 Å². The summed E-state index contributed by atoms with van der Waals surface area (Å²) in [5.74, 6) is 0.340. The first-order valence-corrected chi connectivity index (χ1v) is 7.51. The van der Waals surface area contributed by atoms with Crippen molar-refractivity contribution in [2.24, 2.45) is 0 Å². The van der Waals surface area contributed by atoms with Gasteiger partial charge in [-0.05, 0) is 68.1 Å². The summed E-state index contributed by atoms with van der Waals surface area (Å²) in [4.78, 5) is 0. The molecule has 1 aromatic carbocycles. The minimum atomic E-state index is -4.30. The highest BCUT2D eigenvalue weighted by Crippen LogP contribution is 2.55. The SMILES string of the molecule is CC1(c2cc(C(C)(C)C(F)(F)F)c(C3CC3)cc2O)CC1. The summed E-state index contributed by atoms with van der Waals surface area (Å²) < 4.78 is 40.4. The summed E-state index contributed by atoms with van der Waals surface area (Å²) in [6.07, 6.45) is -0.617. The van der Waals surface area contributed by atoms with Crippen molar-refractivity contribution in [2.75, 3.05) is 0 Å². The Morgan fingerprint density at radius 1 is 1.14 bits per heavy atom. The Morgan fingerprint density at radius 3 is 2.14 bits per heavy atom. The maximum atomic E-state index is 13.5. The van der Waals surface area contributed by atoms with E-state index in [1.807, 2.05) is 6.92 Å². The first-order chi connectivity index (χ1) is 9.56. The van der Waals surface area contributed by atoms with E-state index in [0.717, 1.165) is 25.7 Å². The Hall–Kier alpha value is -1.19. The molecule has 0 aliphatic heterocycles. The fourth-order valence-corrected chi connectivity index (χ4v) is 2.97.